The number of hydrogen-bond donors (Lipinski definition) is 1. The highest BCUT2D eigenvalue weighted by atomic mass is 35.5. The van der Waals surface area contributed by atoms with Gasteiger partial charge in [-0.2, -0.15) is 4.98 Å². The lowest BCUT2D eigenvalue weighted by molar-refractivity contribution is -0.137. The van der Waals surface area contributed by atoms with Crippen molar-refractivity contribution in [2.24, 2.45) is 0 Å². The summed E-state index contributed by atoms with van der Waals surface area (Å²) in [4.78, 5) is 19.7. The largest absolute Gasteiger partial charge is 0.481 e. The highest BCUT2D eigenvalue weighted by molar-refractivity contribution is 6.30. The van der Waals surface area contributed by atoms with Crippen LogP contribution in [0.4, 0.5) is 0 Å². The Hall–Kier alpha value is -2.60. The van der Waals surface area contributed by atoms with Crippen molar-refractivity contribution in [2.45, 2.75) is 26.7 Å². The molecular formula is C17H16ClN3O3. The van der Waals surface area contributed by atoms with Gasteiger partial charge in [0, 0.05) is 22.7 Å². The van der Waals surface area contributed by atoms with Gasteiger partial charge >= 0.3 is 12.0 Å². The van der Waals surface area contributed by atoms with Gasteiger partial charge in [-0.3, -0.25) is 9.36 Å². The second kappa shape index (κ2) is 6.49. The van der Waals surface area contributed by atoms with Crippen molar-refractivity contribution in [3.05, 3.63) is 52.8 Å². The smallest absolute Gasteiger partial charge is 0.307 e. The zero-order valence-electron chi connectivity index (χ0n) is 13.3. The predicted octanol–water partition coefficient (Wildman–Crippen LogP) is 3.81. The molecule has 0 spiro atoms. The lowest BCUT2D eigenvalue weighted by Crippen LogP contribution is -1.97. The van der Waals surface area contributed by atoms with Crippen LogP contribution in [0, 0.1) is 13.8 Å². The minimum atomic E-state index is -0.885. The first-order valence-electron chi connectivity index (χ1n) is 7.44. The molecule has 0 aliphatic heterocycles. The molecule has 1 aromatic carbocycles. The molecule has 6 nitrogen and oxygen atoms in total. The second-order valence-corrected chi connectivity index (χ2v) is 5.89. The summed E-state index contributed by atoms with van der Waals surface area (Å²) in [6.45, 7) is 3.83. The first-order valence-corrected chi connectivity index (χ1v) is 7.82. The molecule has 124 valence electrons. The molecule has 0 amide bonds. The molecule has 0 aliphatic carbocycles. The van der Waals surface area contributed by atoms with Crippen molar-refractivity contribution >= 4 is 17.6 Å². The lowest BCUT2D eigenvalue weighted by Gasteiger charge is -2.00. The van der Waals surface area contributed by atoms with Crippen LogP contribution in [-0.2, 0) is 11.2 Å². The maximum Gasteiger partial charge on any atom is 0.307 e. The molecule has 0 radical (unpaired) electrons. The molecule has 2 heterocycles. The van der Waals surface area contributed by atoms with Gasteiger partial charge in [0.1, 0.15) is 17.8 Å². The molecule has 1 N–H and O–H groups in total. The number of aromatic nitrogens is 3. The summed E-state index contributed by atoms with van der Waals surface area (Å²) in [6.07, 6.45) is 1.87. The second-order valence-electron chi connectivity index (χ2n) is 5.45. The van der Waals surface area contributed by atoms with Crippen LogP contribution in [0.1, 0.15) is 23.6 Å². The normalized spacial score (nSPS) is 11.0. The Morgan fingerprint density at radius 3 is 2.58 bits per heavy atom. The molecule has 0 bridgehead atoms. The molecular weight excluding hydrogens is 330 g/mol. The van der Waals surface area contributed by atoms with Gasteiger partial charge in [0.2, 0.25) is 0 Å². The van der Waals surface area contributed by atoms with Crippen LogP contribution in [0.5, 0.6) is 0 Å². The molecule has 0 aliphatic rings. The molecule has 24 heavy (non-hydrogen) atoms. The maximum absolute atomic E-state index is 10.9. The van der Waals surface area contributed by atoms with E-state index in [-0.39, 0.29) is 12.8 Å². The number of oxazole rings is 1. The summed E-state index contributed by atoms with van der Waals surface area (Å²) in [5, 5.41) is 9.57. The average molecular weight is 346 g/mol. The van der Waals surface area contributed by atoms with Crippen molar-refractivity contribution in [1.29, 1.82) is 0 Å². The van der Waals surface area contributed by atoms with Crippen molar-refractivity contribution in [1.82, 2.24) is 14.5 Å². The number of nitrogens with zero attached hydrogens (tertiary/aromatic N) is 3. The SMILES string of the molecule is Cc1ncn(-c2nc(-c3ccc(Cl)cc3)c(CCC(=O)O)o2)c1C. The Balaban J connectivity index is 2.06. The molecule has 2 aromatic heterocycles. The zero-order valence-corrected chi connectivity index (χ0v) is 14.0. The number of benzene rings is 1. The average Bonchev–Trinajstić information content (AvgIpc) is 3.11. The third-order valence-electron chi connectivity index (χ3n) is 3.83. The summed E-state index contributed by atoms with van der Waals surface area (Å²) in [5.74, 6) is -0.356. The lowest BCUT2D eigenvalue weighted by atomic mass is 10.1. The minimum absolute atomic E-state index is 0.0306. The van der Waals surface area contributed by atoms with E-state index in [0.29, 0.717) is 22.5 Å². The van der Waals surface area contributed by atoms with E-state index in [4.69, 9.17) is 21.1 Å². The molecule has 3 aromatic rings. The number of rotatable bonds is 5. The summed E-state index contributed by atoms with van der Waals surface area (Å²) in [7, 11) is 0. The van der Waals surface area contributed by atoms with Gasteiger partial charge in [-0.1, -0.05) is 23.7 Å². The van der Waals surface area contributed by atoms with Crippen LogP contribution >= 0.6 is 11.6 Å². The van der Waals surface area contributed by atoms with Gasteiger partial charge in [0.15, 0.2) is 0 Å². The van der Waals surface area contributed by atoms with E-state index in [9.17, 15) is 4.79 Å². The molecule has 0 saturated heterocycles. The number of aryl methyl sites for hydroxylation is 2. The van der Waals surface area contributed by atoms with Crippen LogP contribution < -0.4 is 0 Å². The fourth-order valence-electron chi connectivity index (χ4n) is 2.36. The topological polar surface area (TPSA) is 81.2 Å². The van der Waals surface area contributed by atoms with Crippen LogP contribution in [-0.4, -0.2) is 25.6 Å². The van der Waals surface area contributed by atoms with Gasteiger partial charge < -0.3 is 9.52 Å². The molecule has 3 rings (SSSR count). The summed E-state index contributed by atoms with van der Waals surface area (Å²) >= 11 is 5.93. The Morgan fingerprint density at radius 1 is 1.29 bits per heavy atom. The van der Waals surface area contributed by atoms with Crippen molar-refractivity contribution in [3.8, 4) is 17.3 Å². The van der Waals surface area contributed by atoms with E-state index in [1.165, 1.54) is 0 Å². The first kappa shape index (κ1) is 16.3. The fraction of sp³-hybridized carbons (Fsp3) is 0.235. The number of aliphatic carboxylic acids is 1. The summed E-state index contributed by atoms with van der Waals surface area (Å²) in [5.41, 5.74) is 3.25. The van der Waals surface area contributed by atoms with Crippen LogP contribution in [0.25, 0.3) is 17.3 Å². The van der Waals surface area contributed by atoms with E-state index in [1.807, 2.05) is 26.0 Å². The number of carbonyl (C=O) groups is 1. The first-order chi connectivity index (χ1) is 11.5. The number of carboxylic acids is 1. The summed E-state index contributed by atoms with van der Waals surface area (Å²) in [6, 6.07) is 7.57. The van der Waals surface area contributed by atoms with Crippen LogP contribution in [0.3, 0.4) is 0 Å². The van der Waals surface area contributed by atoms with E-state index in [2.05, 4.69) is 9.97 Å². The minimum Gasteiger partial charge on any atom is -0.481 e. The van der Waals surface area contributed by atoms with Crippen molar-refractivity contribution in [3.63, 3.8) is 0 Å². The summed E-state index contributed by atoms with van der Waals surface area (Å²) < 4.78 is 7.59. The van der Waals surface area contributed by atoms with Crippen molar-refractivity contribution < 1.29 is 14.3 Å². The Bertz CT molecular complexity index is 881. The van der Waals surface area contributed by atoms with Gasteiger partial charge in [-0.05, 0) is 26.0 Å². The third kappa shape index (κ3) is 3.19. The standard InChI is InChI=1S/C17H16ClN3O3/c1-10-11(2)21(9-19-10)17-20-16(12-3-5-13(18)6-4-12)14(24-17)7-8-15(22)23/h3-6,9H,7-8H2,1-2H3,(H,22,23). The van der Waals surface area contributed by atoms with Crippen LogP contribution in [0.2, 0.25) is 5.02 Å². The quantitative estimate of drug-likeness (QED) is 0.760. The zero-order chi connectivity index (χ0) is 17.3. The number of hydrogen-bond acceptors (Lipinski definition) is 4. The number of halogens is 1. The maximum atomic E-state index is 10.9. The highest BCUT2D eigenvalue weighted by Gasteiger charge is 2.18. The van der Waals surface area contributed by atoms with E-state index in [1.54, 1.807) is 23.0 Å². The van der Waals surface area contributed by atoms with Gasteiger partial charge in [-0.15, -0.1) is 0 Å². The predicted molar refractivity (Wildman–Crippen MR) is 89.5 cm³/mol. The molecule has 0 atom stereocenters. The van der Waals surface area contributed by atoms with Gasteiger partial charge in [0.05, 0.1) is 12.1 Å². The molecule has 7 heteroatoms. The molecule has 0 saturated carbocycles. The Labute approximate surface area is 143 Å². The van der Waals surface area contributed by atoms with E-state index < -0.39 is 5.97 Å². The van der Waals surface area contributed by atoms with Gasteiger partial charge in [0.25, 0.3) is 0 Å². The monoisotopic (exact) mass is 345 g/mol. The van der Waals surface area contributed by atoms with Gasteiger partial charge in [-0.25, -0.2) is 4.98 Å². The third-order valence-corrected chi connectivity index (χ3v) is 4.08. The Kier molecular flexibility index (Phi) is 4.40. The van der Waals surface area contributed by atoms with E-state index in [0.717, 1.165) is 17.0 Å². The van der Waals surface area contributed by atoms with E-state index >= 15 is 0 Å². The Morgan fingerprint density at radius 2 is 2.00 bits per heavy atom. The van der Waals surface area contributed by atoms with Crippen LogP contribution in [0.15, 0.2) is 35.0 Å². The van der Waals surface area contributed by atoms with Crippen molar-refractivity contribution in [2.75, 3.05) is 0 Å². The fourth-order valence-corrected chi connectivity index (χ4v) is 2.48. The molecule has 0 unspecified atom stereocenters. The highest BCUT2D eigenvalue weighted by Crippen LogP contribution is 2.28. The number of carboxylic acid groups (broad SMARTS) is 1. The molecule has 0 fully saturated rings. The number of imidazole rings is 1.